The molecule has 1 atom stereocenters. The van der Waals surface area contributed by atoms with E-state index in [1.807, 2.05) is 20.8 Å². The third-order valence-corrected chi connectivity index (χ3v) is 5.18. The van der Waals surface area contributed by atoms with E-state index in [0.29, 0.717) is 11.6 Å². The lowest BCUT2D eigenvalue weighted by Crippen LogP contribution is -2.42. The molecule has 2 aromatic heterocycles. The normalized spacial score (nSPS) is 18.2. The van der Waals surface area contributed by atoms with Crippen molar-refractivity contribution in [3.63, 3.8) is 0 Å². The Bertz CT molecular complexity index is 785. The predicted molar refractivity (Wildman–Crippen MR) is 81.5 cm³/mol. The van der Waals surface area contributed by atoms with Gasteiger partial charge in [0.1, 0.15) is 16.7 Å². The van der Waals surface area contributed by atoms with E-state index in [2.05, 4.69) is 10.1 Å². The van der Waals surface area contributed by atoms with Crippen molar-refractivity contribution in [3.05, 3.63) is 30.7 Å². The second kappa shape index (κ2) is 5.28. The maximum absolute atomic E-state index is 12.9. The summed E-state index contributed by atoms with van der Waals surface area (Å²) < 4.78 is 34.4. The number of hydrogen-bond acceptors (Lipinski definition) is 5. The van der Waals surface area contributed by atoms with Gasteiger partial charge < -0.3 is 4.74 Å². The summed E-state index contributed by atoms with van der Waals surface area (Å²) in [5.41, 5.74) is 0.456. The van der Waals surface area contributed by atoms with Crippen LogP contribution in [0.2, 0.25) is 0 Å². The molecule has 0 aliphatic carbocycles. The summed E-state index contributed by atoms with van der Waals surface area (Å²) in [5.74, 6) is 0.334. The Labute approximate surface area is 129 Å². The average Bonchev–Trinajstić information content (AvgIpc) is 2.97. The fraction of sp³-hybridized carbons (Fsp3) is 0.429. The van der Waals surface area contributed by atoms with Crippen molar-refractivity contribution in [1.82, 2.24) is 14.8 Å². The zero-order valence-electron chi connectivity index (χ0n) is 12.7. The lowest BCUT2D eigenvalue weighted by molar-refractivity contribution is 0.210. The Balaban J connectivity index is 2.05. The second-order valence-corrected chi connectivity index (χ2v) is 7.40. The number of aromatic nitrogens is 3. The van der Waals surface area contributed by atoms with Crippen molar-refractivity contribution in [3.8, 4) is 5.88 Å². The van der Waals surface area contributed by atoms with Crippen LogP contribution in [0.4, 0.5) is 5.69 Å². The molecule has 0 aromatic carbocycles. The number of rotatable bonds is 3. The number of anilines is 1. The lowest BCUT2D eigenvalue weighted by atomic mass is 10.3. The third-order valence-electron chi connectivity index (χ3n) is 3.45. The van der Waals surface area contributed by atoms with Crippen LogP contribution < -0.4 is 9.04 Å². The molecule has 0 N–H and O–H groups in total. The minimum Gasteiger partial charge on any atom is -0.471 e. The first-order valence-corrected chi connectivity index (χ1v) is 8.52. The van der Waals surface area contributed by atoms with Gasteiger partial charge in [0, 0.05) is 18.4 Å². The molecule has 118 valence electrons. The highest BCUT2D eigenvalue weighted by Gasteiger charge is 2.34. The zero-order valence-corrected chi connectivity index (χ0v) is 13.5. The van der Waals surface area contributed by atoms with Crippen molar-refractivity contribution < 1.29 is 13.2 Å². The monoisotopic (exact) mass is 322 g/mol. The zero-order chi connectivity index (χ0) is 15.9. The fourth-order valence-electron chi connectivity index (χ4n) is 2.31. The van der Waals surface area contributed by atoms with Gasteiger partial charge in [-0.05, 0) is 32.9 Å². The van der Waals surface area contributed by atoms with Gasteiger partial charge >= 0.3 is 0 Å². The second-order valence-electron chi connectivity index (χ2n) is 5.54. The Morgan fingerprint density at radius 3 is 2.86 bits per heavy atom. The number of sulfonamides is 1. The largest absolute Gasteiger partial charge is 0.471 e. The highest BCUT2D eigenvalue weighted by molar-refractivity contribution is 7.92. The molecule has 0 spiro atoms. The molecule has 1 aliphatic rings. The maximum atomic E-state index is 12.9. The molecule has 0 fully saturated rings. The average molecular weight is 322 g/mol. The summed E-state index contributed by atoms with van der Waals surface area (Å²) >= 11 is 0. The van der Waals surface area contributed by atoms with Crippen LogP contribution in [-0.2, 0) is 10.0 Å². The van der Waals surface area contributed by atoms with E-state index >= 15 is 0 Å². The summed E-state index contributed by atoms with van der Waals surface area (Å²) in [7, 11) is -3.69. The van der Waals surface area contributed by atoms with E-state index in [4.69, 9.17) is 4.74 Å². The number of pyridine rings is 1. The van der Waals surface area contributed by atoms with Gasteiger partial charge in [0.05, 0.1) is 12.7 Å². The highest BCUT2D eigenvalue weighted by Crippen LogP contribution is 2.34. The molecular formula is C14H18N4O3S. The molecular weight excluding hydrogens is 304 g/mol. The Kier molecular flexibility index (Phi) is 3.56. The van der Waals surface area contributed by atoms with Crippen molar-refractivity contribution in [2.75, 3.05) is 10.8 Å². The minimum atomic E-state index is -3.69. The standard InChI is InChI=1S/C14H18N4O3S/c1-10(2)17-9-12(7-16-17)22(19,20)18-8-11(3)21-14-13(18)5-4-6-15-14/h4-7,9-11H,8H2,1-3H3. The molecule has 22 heavy (non-hydrogen) atoms. The van der Waals surface area contributed by atoms with Crippen molar-refractivity contribution in [1.29, 1.82) is 0 Å². The van der Waals surface area contributed by atoms with E-state index in [1.54, 1.807) is 29.2 Å². The van der Waals surface area contributed by atoms with Gasteiger partial charge in [-0.2, -0.15) is 5.10 Å². The summed E-state index contributed by atoms with van der Waals surface area (Å²) in [5, 5.41) is 4.12. The SMILES string of the molecule is CC1CN(S(=O)(=O)c2cnn(C(C)C)c2)c2cccnc2O1. The minimum absolute atomic E-state index is 0.0986. The Hall–Kier alpha value is -2.09. The van der Waals surface area contributed by atoms with E-state index in [0.717, 1.165) is 0 Å². The quantitative estimate of drug-likeness (QED) is 0.861. The molecule has 7 nitrogen and oxygen atoms in total. The summed E-state index contributed by atoms with van der Waals surface area (Å²) in [6, 6.07) is 3.48. The van der Waals surface area contributed by atoms with Gasteiger partial charge in [-0.1, -0.05) is 0 Å². The van der Waals surface area contributed by atoms with Gasteiger partial charge in [0.25, 0.3) is 10.0 Å². The molecule has 8 heteroatoms. The Morgan fingerprint density at radius 1 is 1.41 bits per heavy atom. The maximum Gasteiger partial charge on any atom is 0.267 e. The van der Waals surface area contributed by atoms with E-state index in [9.17, 15) is 8.42 Å². The molecule has 1 aliphatic heterocycles. The number of nitrogens with zero attached hydrogens (tertiary/aromatic N) is 4. The molecule has 3 heterocycles. The predicted octanol–water partition coefficient (Wildman–Crippen LogP) is 1.84. The highest BCUT2D eigenvalue weighted by atomic mass is 32.2. The molecule has 3 rings (SSSR count). The number of ether oxygens (including phenoxy) is 1. The first-order chi connectivity index (χ1) is 10.4. The van der Waals surface area contributed by atoms with Gasteiger partial charge in [0.2, 0.25) is 5.88 Å². The molecule has 0 bridgehead atoms. The van der Waals surface area contributed by atoms with Crippen LogP contribution in [0.15, 0.2) is 35.6 Å². The summed E-state index contributed by atoms with van der Waals surface area (Å²) in [6.45, 7) is 5.95. The third kappa shape index (κ3) is 2.43. The first-order valence-electron chi connectivity index (χ1n) is 7.08. The molecule has 1 unspecified atom stereocenters. The summed E-state index contributed by atoms with van der Waals surface area (Å²) in [4.78, 5) is 4.28. The smallest absolute Gasteiger partial charge is 0.267 e. The van der Waals surface area contributed by atoms with Crippen molar-refractivity contribution in [2.45, 2.75) is 37.8 Å². The Morgan fingerprint density at radius 2 is 2.18 bits per heavy atom. The van der Waals surface area contributed by atoms with Crippen LogP contribution >= 0.6 is 0 Å². The van der Waals surface area contributed by atoms with E-state index < -0.39 is 10.0 Å². The molecule has 0 amide bonds. The van der Waals surface area contributed by atoms with Gasteiger partial charge in [-0.3, -0.25) is 8.99 Å². The molecule has 0 radical (unpaired) electrons. The molecule has 2 aromatic rings. The van der Waals surface area contributed by atoms with Crippen LogP contribution in [0.3, 0.4) is 0 Å². The van der Waals surface area contributed by atoms with Crippen LogP contribution in [0, 0.1) is 0 Å². The van der Waals surface area contributed by atoms with Gasteiger partial charge in [-0.25, -0.2) is 13.4 Å². The van der Waals surface area contributed by atoms with Crippen molar-refractivity contribution >= 4 is 15.7 Å². The first kappa shape index (κ1) is 14.8. The number of hydrogen-bond donors (Lipinski definition) is 0. The van der Waals surface area contributed by atoms with Crippen LogP contribution in [-0.4, -0.2) is 35.8 Å². The molecule has 0 saturated carbocycles. The van der Waals surface area contributed by atoms with E-state index in [-0.39, 0.29) is 23.6 Å². The van der Waals surface area contributed by atoms with Crippen LogP contribution in [0.5, 0.6) is 5.88 Å². The van der Waals surface area contributed by atoms with Crippen molar-refractivity contribution in [2.24, 2.45) is 0 Å². The topological polar surface area (TPSA) is 77.3 Å². The van der Waals surface area contributed by atoms with Gasteiger partial charge in [-0.15, -0.1) is 0 Å². The summed E-state index contributed by atoms with van der Waals surface area (Å²) in [6.07, 6.45) is 4.25. The lowest BCUT2D eigenvalue weighted by Gasteiger charge is -2.32. The molecule has 0 saturated heterocycles. The van der Waals surface area contributed by atoms with Crippen LogP contribution in [0.25, 0.3) is 0 Å². The van der Waals surface area contributed by atoms with E-state index in [1.165, 1.54) is 10.5 Å². The van der Waals surface area contributed by atoms with Gasteiger partial charge in [0.15, 0.2) is 0 Å². The fourth-order valence-corrected chi connectivity index (χ4v) is 3.79. The number of fused-ring (bicyclic) bond motifs is 1. The van der Waals surface area contributed by atoms with Crippen LogP contribution in [0.1, 0.15) is 26.8 Å².